The minimum Gasteiger partial charge on any atom is -0.493 e. The van der Waals surface area contributed by atoms with E-state index < -0.39 is 11.6 Å². The topological polar surface area (TPSA) is 106 Å². The zero-order valence-electron chi connectivity index (χ0n) is 32.5. The molecule has 292 valence electrons. The van der Waals surface area contributed by atoms with Crippen LogP contribution in [0.25, 0.3) is 32.8 Å². The summed E-state index contributed by atoms with van der Waals surface area (Å²) < 4.78 is 23.6. The molecule has 5 heterocycles. The van der Waals surface area contributed by atoms with E-state index in [9.17, 15) is 9.59 Å². The Morgan fingerprint density at radius 1 is 0.946 bits per heavy atom. The molecule has 0 radical (unpaired) electrons. The number of benzene rings is 3. The maximum atomic E-state index is 13.6. The van der Waals surface area contributed by atoms with E-state index in [1.807, 2.05) is 73.1 Å². The molecule has 0 unspecified atom stereocenters. The summed E-state index contributed by atoms with van der Waals surface area (Å²) in [6, 6.07) is 18.7. The first-order valence-electron chi connectivity index (χ1n) is 18.7. The molecule has 0 spiro atoms. The molecule has 8 bridgehead atoms. The van der Waals surface area contributed by atoms with Gasteiger partial charge in [-0.2, -0.15) is 10.2 Å². The summed E-state index contributed by atoms with van der Waals surface area (Å²) in [7, 11) is 5.29. The van der Waals surface area contributed by atoms with Gasteiger partial charge in [0.05, 0.1) is 54.4 Å². The van der Waals surface area contributed by atoms with Crippen molar-refractivity contribution < 1.29 is 23.8 Å². The van der Waals surface area contributed by atoms with Crippen molar-refractivity contribution in [1.29, 1.82) is 0 Å². The number of carbonyl (C=O) groups is 2. The summed E-state index contributed by atoms with van der Waals surface area (Å²) in [5.41, 5.74) is 6.98. The maximum Gasteiger partial charge on any atom is 0.410 e. The third-order valence-corrected chi connectivity index (χ3v) is 12.6. The van der Waals surface area contributed by atoms with Gasteiger partial charge in [-0.25, -0.2) is 9.59 Å². The molecule has 6 aromatic rings. The van der Waals surface area contributed by atoms with Crippen molar-refractivity contribution in [2.24, 2.45) is 14.1 Å². The molecule has 11 nitrogen and oxygen atoms in total. The van der Waals surface area contributed by atoms with E-state index in [0.717, 1.165) is 77.5 Å². The Balaban J connectivity index is 1.26. The number of methoxy groups -OCH3 is 1. The van der Waals surface area contributed by atoms with Crippen LogP contribution in [0.4, 0.5) is 4.79 Å². The summed E-state index contributed by atoms with van der Waals surface area (Å²) in [6.07, 6.45) is 0.847. The lowest BCUT2D eigenvalue weighted by Crippen LogP contribution is -2.41. The first kappa shape index (κ1) is 38.3. The molecule has 0 atom stereocenters. The zero-order valence-corrected chi connectivity index (χ0v) is 34.9. The molecule has 14 heteroatoms. The predicted molar refractivity (Wildman–Crippen MR) is 223 cm³/mol. The van der Waals surface area contributed by atoms with Crippen molar-refractivity contribution in [2.75, 3.05) is 20.3 Å². The van der Waals surface area contributed by atoms with Crippen LogP contribution in [0.1, 0.15) is 66.0 Å². The fraction of sp³-hybridized carbons (Fsp3) is 0.381. The van der Waals surface area contributed by atoms with Gasteiger partial charge in [0.1, 0.15) is 17.0 Å². The largest absolute Gasteiger partial charge is 0.493 e. The second kappa shape index (κ2) is 15.4. The van der Waals surface area contributed by atoms with E-state index in [0.29, 0.717) is 61.3 Å². The standard InChI is InChI=1S/C42H45ClN6O5S2/c1-42(2,3)54-41(51)48-15-16-49-34(21-48)37-33(45-49)24-55-22-26-19-27(47(5)44-26)23-56-28-18-25-10-7-8-11-29(25)35(20-28)53-17-9-12-30-31-13-14-32(43)36(37)38(31)46(4)39(30)40(50)52-6/h7-8,10-11,13-14,18-20H,9,12,15-17,21-24H2,1-6H3. The summed E-state index contributed by atoms with van der Waals surface area (Å²) in [6.45, 7) is 7.32. The van der Waals surface area contributed by atoms with Gasteiger partial charge in [-0.15, -0.1) is 23.5 Å². The number of amides is 1. The van der Waals surface area contributed by atoms with Gasteiger partial charge in [-0.1, -0.05) is 41.9 Å². The molecule has 0 aliphatic carbocycles. The lowest BCUT2D eigenvalue weighted by molar-refractivity contribution is 0.0194. The highest BCUT2D eigenvalue weighted by Crippen LogP contribution is 2.44. The second-order valence-corrected chi connectivity index (χ2v) is 17.7. The van der Waals surface area contributed by atoms with Crippen molar-refractivity contribution in [3.8, 4) is 16.9 Å². The van der Waals surface area contributed by atoms with Gasteiger partial charge in [0, 0.05) is 70.4 Å². The van der Waals surface area contributed by atoms with Crippen LogP contribution in [-0.4, -0.2) is 67.0 Å². The average molecular weight is 813 g/mol. The number of rotatable bonds is 1. The van der Waals surface area contributed by atoms with E-state index in [2.05, 4.69) is 30.3 Å². The smallest absolute Gasteiger partial charge is 0.410 e. The van der Waals surface area contributed by atoms with Crippen molar-refractivity contribution >= 4 is 68.9 Å². The highest BCUT2D eigenvalue weighted by molar-refractivity contribution is 7.98. The molecule has 8 rings (SSSR count). The van der Waals surface area contributed by atoms with Gasteiger partial charge in [0.25, 0.3) is 0 Å². The fourth-order valence-corrected chi connectivity index (χ4v) is 9.84. The Kier molecular flexibility index (Phi) is 10.5. The van der Waals surface area contributed by atoms with Crippen LogP contribution in [0, 0.1) is 0 Å². The van der Waals surface area contributed by atoms with Gasteiger partial charge in [-0.3, -0.25) is 9.36 Å². The molecule has 2 aliphatic heterocycles. The summed E-state index contributed by atoms with van der Waals surface area (Å²) >= 11 is 10.7. The molecule has 1 amide bonds. The number of hydrogen-bond acceptors (Lipinski definition) is 9. The summed E-state index contributed by atoms with van der Waals surface area (Å²) in [4.78, 5) is 29.9. The Labute approximate surface area is 339 Å². The number of nitrogens with zero attached hydrogens (tertiary/aromatic N) is 6. The van der Waals surface area contributed by atoms with Crippen molar-refractivity contribution in [3.63, 3.8) is 0 Å². The maximum absolute atomic E-state index is 13.6. The lowest BCUT2D eigenvalue weighted by atomic mass is 9.97. The minimum absolute atomic E-state index is 0.295. The molecular weight excluding hydrogens is 768 g/mol. The molecule has 0 N–H and O–H groups in total. The van der Waals surface area contributed by atoms with E-state index in [1.165, 1.54) is 7.11 Å². The Morgan fingerprint density at radius 2 is 1.77 bits per heavy atom. The van der Waals surface area contributed by atoms with Crippen LogP contribution in [0.15, 0.2) is 59.5 Å². The highest BCUT2D eigenvalue weighted by atomic mass is 35.5. The van der Waals surface area contributed by atoms with Gasteiger partial charge in [0.2, 0.25) is 0 Å². The third kappa shape index (κ3) is 7.36. The Bertz CT molecular complexity index is 2500. The molecule has 0 saturated heterocycles. The van der Waals surface area contributed by atoms with Crippen LogP contribution in [0.5, 0.6) is 5.75 Å². The number of ether oxygens (including phenoxy) is 3. The highest BCUT2D eigenvalue weighted by Gasteiger charge is 2.33. The summed E-state index contributed by atoms with van der Waals surface area (Å²) in [5, 5.41) is 13.6. The summed E-state index contributed by atoms with van der Waals surface area (Å²) in [5.74, 6) is 2.42. The minimum atomic E-state index is -0.637. The zero-order chi connectivity index (χ0) is 39.3. The molecule has 3 aromatic carbocycles. The van der Waals surface area contributed by atoms with E-state index >= 15 is 0 Å². The van der Waals surface area contributed by atoms with Crippen molar-refractivity contribution in [2.45, 2.75) is 74.5 Å². The Morgan fingerprint density at radius 3 is 2.57 bits per heavy atom. The number of carbonyl (C=O) groups excluding carboxylic acids is 2. The average Bonchev–Trinajstić information content (AvgIpc) is 3.80. The molecule has 2 aliphatic rings. The van der Waals surface area contributed by atoms with Crippen LogP contribution >= 0.6 is 35.1 Å². The van der Waals surface area contributed by atoms with E-state index in [4.69, 9.17) is 36.0 Å². The first-order valence-corrected chi connectivity index (χ1v) is 21.2. The van der Waals surface area contributed by atoms with Gasteiger partial charge in [0.15, 0.2) is 0 Å². The quantitative estimate of drug-likeness (QED) is 0.150. The second-order valence-electron chi connectivity index (χ2n) is 15.2. The first-order chi connectivity index (χ1) is 26.9. The SMILES string of the molecule is COC(=O)c1c2c3ccc(Cl)c(c3n1C)-c1c(nn3c1CN(C(=O)OC(C)(C)C)CC3)CSCc1cc(n(C)n1)CSc1cc(c3ccccc3c1)OCCC2. The number of fused-ring (bicyclic) bond motifs is 10. The molecule has 3 aromatic heterocycles. The number of halogens is 1. The fourth-order valence-electron chi connectivity index (χ4n) is 7.76. The van der Waals surface area contributed by atoms with Crippen LogP contribution in [-0.2, 0) is 60.3 Å². The number of aromatic nitrogens is 5. The van der Waals surface area contributed by atoms with Crippen molar-refractivity contribution in [3.05, 3.63) is 93.7 Å². The van der Waals surface area contributed by atoms with Crippen LogP contribution < -0.4 is 4.74 Å². The van der Waals surface area contributed by atoms with E-state index in [-0.39, 0.29) is 6.09 Å². The molecule has 0 fully saturated rings. The molecule has 56 heavy (non-hydrogen) atoms. The number of thioether (sulfide) groups is 2. The molecule has 0 saturated carbocycles. The number of hydrogen-bond donors (Lipinski definition) is 0. The monoisotopic (exact) mass is 812 g/mol. The Hall–Kier alpha value is -4.59. The number of esters is 1. The lowest BCUT2D eigenvalue weighted by Gasteiger charge is -2.31. The van der Waals surface area contributed by atoms with Gasteiger partial charge >= 0.3 is 12.1 Å². The number of aryl methyl sites for hydroxylation is 3. The normalized spacial score (nSPS) is 15.2. The van der Waals surface area contributed by atoms with Crippen LogP contribution in [0.2, 0.25) is 5.02 Å². The van der Waals surface area contributed by atoms with Crippen molar-refractivity contribution in [1.82, 2.24) is 29.0 Å². The molecular formula is C42H45ClN6O5S2. The van der Waals surface area contributed by atoms with Crippen LogP contribution in [0.3, 0.4) is 0 Å². The van der Waals surface area contributed by atoms with Gasteiger partial charge < -0.3 is 23.7 Å². The van der Waals surface area contributed by atoms with E-state index in [1.54, 1.807) is 28.4 Å². The third-order valence-electron chi connectivity index (χ3n) is 10.3. The predicted octanol–water partition coefficient (Wildman–Crippen LogP) is 9.17. The van der Waals surface area contributed by atoms with Gasteiger partial charge in [-0.05, 0) is 68.8 Å².